The minimum absolute atomic E-state index is 0.0387. The first-order valence-electron chi connectivity index (χ1n) is 12.3. The lowest BCUT2D eigenvalue weighted by Gasteiger charge is -2.21. The van der Waals surface area contributed by atoms with Gasteiger partial charge in [-0.3, -0.25) is 9.78 Å². The van der Waals surface area contributed by atoms with Gasteiger partial charge in [-0.15, -0.1) is 0 Å². The molecule has 0 saturated carbocycles. The molecule has 39 heavy (non-hydrogen) atoms. The number of carbonyl (C=O) groups excluding carboxylic acids is 1. The number of alkyl halides is 3. The Labute approximate surface area is 226 Å². The van der Waals surface area contributed by atoms with Crippen LogP contribution in [0.4, 0.5) is 17.6 Å². The van der Waals surface area contributed by atoms with Gasteiger partial charge in [-0.25, -0.2) is 9.37 Å². The minimum atomic E-state index is -4.61. The lowest BCUT2D eigenvalue weighted by atomic mass is 9.95. The maximum Gasteiger partial charge on any atom is 0.434 e. The number of carbonyl (C=O) groups is 1. The number of nitrogens with zero attached hydrogens (tertiary/aromatic N) is 3. The van der Waals surface area contributed by atoms with Crippen LogP contribution in [0.15, 0.2) is 42.7 Å². The fourth-order valence-electron chi connectivity index (χ4n) is 3.49. The van der Waals surface area contributed by atoms with E-state index in [-0.39, 0.29) is 24.9 Å². The molecule has 1 aromatic carbocycles. The molecule has 0 aliphatic heterocycles. The van der Waals surface area contributed by atoms with Gasteiger partial charge in [0.15, 0.2) is 17.3 Å². The first kappa shape index (κ1) is 30.3. The highest BCUT2D eigenvalue weighted by molar-refractivity contribution is 6.76. The molecule has 0 unspecified atom stereocenters. The van der Waals surface area contributed by atoms with E-state index in [1.807, 2.05) is 0 Å². The fourth-order valence-corrected chi connectivity index (χ4v) is 4.25. The van der Waals surface area contributed by atoms with E-state index in [2.05, 4.69) is 29.6 Å². The molecule has 0 amide bonds. The van der Waals surface area contributed by atoms with E-state index in [0.29, 0.717) is 23.4 Å². The summed E-state index contributed by atoms with van der Waals surface area (Å²) in [6.45, 7) is 10.1. The second-order valence-corrected chi connectivity index (χ2v) is 16.6. The quantitative estimate of drug-likeness (QED) is 0.112. The van der Waals surface area contributed by atoms with Crippen LogP contribution in [0.5, 0.6) is 5.75 Å². The largest absolute Gasteiger partial charge is 0.489 e. The molecule has 3 rings (SSSR count). The molecule has 0 bridgehead atoms. The van der Waals surface area contributed by atoms with Crippen molar-refractivity contribution in [2.75, 3.05) is 20.3 Å². The zero-order valence-electron chi connectivity index (χ0n) is 22.9. The van der Waals surface area contributed by atoms with Crippen molar-refractivity contribution in [1.82, 2.24) is 14.5 Å². The zero-order chi connectivity index (χ0) is 29.0. The number of rotatable bonds is 11. The van der Waals surface area contributed by atoms with Crippen LogP contribution >= 0.6 is 0 Å². The molecule has 2 aromatic heterocycles. The first-order chi connectivity index (χ1) is 18.1. The highest BCUT2D eigenvalue weighted by Crippen LogP contribution is 2.32. The average molecular weight is 568 g/mol. The summed E-state index contributed by atoms with van der Waals surface area (Å²) in [6.07, 6.45) is -2.30. The Morgan fingerprint density at radius 2 is 1.77 bits per heavy atom. The molecule has 2 heterocycles. The number of methoxy groups -OCH3 is 1. The van der Waals surface area contributed by atoms with E-state index in [9.17, 15) is 22.4 Å². The molecule has 0 spiro atoms. The SMILES string of the molecule is COC(=O)C(C)(C)COc1ccc(-c2ccc(-c3nc(C(F)(F)F)cn3COCC[Si](C)(C)C)cn2)cc1F. The van der Waals surface area contributed by atoms with Crippen molar-refractivity contribution in [3.05, 3.63) is 54.2 Å². The van der Waals surface area contributed by atoms with Crippen LogP contribution in [-0.2, 0) is 27.2 Å². The van der Waals surface area contributed by atoms with Gasteiger partial charge in [0.25, 0.3) is 0 Å². The van der Waals surface area contributed by atoms with Crippen molar-refractivity contribution in [3.8, 4) is 28.4 Å². The Morgan fingerprint density at radius 3 is 2.33 bits per heavy atom. The first-order valence-corrected chi connectivity index (χ1v) is 16.0. The van der Waals surface area contributed by atoms with Crippen LogP contribution in [-0.4, -0.2) is 48.9 Å². The van der Waals surface area contributed by atoms with Crippen molar-refractivity contribution in [2.45, 2.75) is 52.4 Å². The second-order valence-electron chi connectivity index (χ2n) is 11.0. The van der Waals surface area contributed by atoms with E-state index in [1.54, 1.807) is 32.0 Å². The number of hydrogen-bond acceptors (Lipinski definition) is 6. The highest BCUT2D eigenvalue weighted by atomic mass is 28.3. The summed E-state index contributed by atoms with van der Waals surface area (Å²) in [5.74, 6) is -1.11. The maximum atomic E-state index is 14.7. The van der Waals surface area contributed by atoms with E-state index in [1.165, 1.54) is 30.0 Å². The molecular weight excluding hydrogens is 534 g/mol. The predicted molar refractivity (Wildman–Crippen MR) is 141 cm³/mol. The smallest absolute Gasteiger partial charge is 0.434 e. The Morgan fingerprint density at radius 1 is 1.08 bits per heavy atom. The van der Waals surface area contributed by atoms with E-state index < -0.39 is 37.1 Å². The van der Waals surface area contributed by atoms with Gasteiger partial charge in [-0.1, -0.05) is 19.6 Å². The number of esters is 1. The van der Waals surface area contributed by atoms with Crippen LogP contribution in [0, 0.1) is 11.2 Å². The van der Waals surface area contributed by atoms with Crippen molar-refractivity contribution >= 4 is 14.0 Å². The van der Waals surface area contributed by atoms with Gasteiger partial charge in [0.2, 0.25) is 0 Å². The van der Waals surface area contributed by atoms with Crippen molar-refractivity contribution in [3.63, 3.8) is 0 Å². The van der Waals surface area contributed by atoms with Gasteiger partial charge in [-0.05, 0) is 50.2 Å². The predicted octanol–water partition coefficient (Wildman–Crippen LogP) is 6.66. The average Bonchev–Trinajstić information content (AvgIpc) is 3.30. The summed E-state index contributed by atoms with van der Waals surface area (Å²) in [4.78, 5) is 19.9. The monoisotopic (exact) mass is 567 g/mol. The Hall–Kier alpha value is -3.25. The standard InChI is InChI=1S/C27H33F4N3O4Si/c1-26(2,25(35)36-3)16-38-22-10-8-18(13-20(22)28)21-9-7-19(14-32-21)24-33-23(27(29,30)31)15-34(24)17-37-11-12-39(4,5)6/h7-10,13-15H,11-12,16-17H2,1-6H3. The molecule has 3 aromatic rings. The molecule has 0 atom stereocenters. The molecule has 0 saturated heterocycles. The maximum absolute atomic E-state index is 14.7. The zero-order valence-corrected chi connectivity index (χ0v) is 23.9. The number of hydrogen-bond donors (Lipinski definition) is 0. The van der Waals surface area contributed by atoms with Crippen LogP contribution in [0.3, 0.4) is 0 Å². The molecule has 0 fully saturated rings. The Kier molecular flexibility index (Phi) is 9.22. The molecule has 7 nitrogen and oxygen atoms in total. The molecular formula is C27H33F4N3O4Si. The van der Waals surface area contributed by atoms with Crippen molar-refractivity contribution in [2.24, 2.45) is 5.41 Å². The third-order valence-electron chi connectivity index (χ3n) is 5.87. The summed E-state index contributed by atoms with van der Waals surface area (Å²) >= 11 is 0. The Bertz CT molecular complexity index is 1290. The number of halogens is 4. The number of ether oxygens (including phenoxy) is 3. The van der Waals surface area contributed by atoms with Gasteiger partial charge in [0.1, 0.15) is 19.2 Å². The molecule has 0 aliphatic rings. The van der Waals surface area contributed by atoms with E-state index in [4.69, 9.17) is 14.2 Å². The summed E-state index contributed by atoms with van der Waals surface area (Å²) in [5.41, 5.74) is -0.793. The van der Waals surface area contributed by atoms with Crippen LogP contribution in [0.1, 0.15) is 19.5 Å². The van der Waals surface area contributed by atoms with Crippen molar-refractivity contribution < 1.29 is 36.6 Å². The molecule has 12 heteroatoms. The summed E-state index contributed by atoms with van der Waals surface area (Å²) in [5, 5.41) is 0. The van der Waals surface area contributed by atoms with Gasteiger partial charge in [-0.2, -0.15) is 13.2 Å². The normalized spacial score (nSPS) is 12.5. The topological polar surface area (TPSA) is 75.5 Å². The molecule has 212 valence electrons. The molecule has 0 aliphatic carbocycles. The second kappa shape index (κ2) is 11.9. The van der Waals surface area contributed by atoms with Gasteiger partial charge in [0, 0.05) is 38.2 Å². The number of imidazole rings is 1. The summed E-state index contributed by atoms with van der Waals surface area (Å²) < 4.78 is 72.0. The number of pyridine rings is 1. The van der Waals surface area contributed by atoms with E-state index >= 15 is 0 Å². The third-order valence-corrected chi connectivity index (χ3v) is 7.57. The minimum Gasteiger partial charge on any atom is -0.489 e. The van der Waals surface area contributed by atoms with Gasteiger partial charge in [0.05, 0.1) is 18.2 Å². The molecule has 0 N–H and O–H groups in total. The lowest BCUT2D eigenvalue weighted by Crippen LogP contribution is -2.32. The van der Waals surface area contributed by atoms with Crippen LogP contribution in [0.25, 0.3) is 22.6 Å². The number of aromatic nitrogens is 3. The van der Waals surface area contributed by atoms with Crippen molar-refractivity contribution in [1.29, 1.82) is 0 Å². The number of benzene rings is 1. The van der Waals surface area contributed by atoms with Gasteiger partial charge < -0.3 is 18.8 Å². The fraction of sp³-hybridized carbons (Fsp3) is 0.444. The molecule has 0 radical (unpaired) electrons. The van der Waals surface area contributed by atoms with E-state index in [0.717, 1.165) is 12.2 Å². The Balaban J connectivity index is 1.78. The summed E-state index contributed by atoms with van der Waals surface area (Å²) in [6, 6.07) is 8.28. The van der Waals surface area contributed by atoms with Crippen LogP contribution < -0.4 is 4.74 Å². The third kappa shape index (κ3) is 8.12. The highest BCUT2D eigenvalue weighted by Gasteiger charge is 2.35. The summed E-state index contributed by atoms with van der Waals surface area (Å²) in [7, 11) is -0.0891. The van der Waals surface area contributed by atoms with Crippen LogP contribution in [0.2, 0.25) is 25.7 Å². The van der Waals surface area contributed by atoms with Gasteiger partial charge >= 0.3 is 12.1 Å². The lowest BCUT2D eigenvalue weighted by molar-refractivity contribution is -0.152.